The van der Waals surface area contributed by atoms with E-state index in [-0.39, 0.29) is 0 Å². The molecule has 0 fully saturated rings. The number of nitrogen functional groups attached to an aromatic ring is 1. The minimum atomic E-state index is 0.786. The summed E-state index contributed by atoms with van der Waals surface area (Å²) in [5.41, 5.74) is 10.2. The van der Waals surface area contributed by atoms with E-state index in [1.54, 1.807) is 0 Å². The molecular weight excluding hydrogens is 258 g/mol. The predicted molar refractivity (Wildman–Crippen MR) is 86.8 cm³/mol. The summed E-state index contributed by atoms with van der Waals surface area (Å²) in [5.74, 6) is 0. The molecule has 3 nitrogen and oxygen atoms in total. The molecule has 1 aromatic heterocycles. The maximum atomic E-state index is 5.71. The summed E-state index contributed by atoms with van der Waals surface area (Å²) in [5, 5.41) is 4.43. The zero-order valence-electron chi connectivity index (χ0n) is 11.9. The molecule has 0 saturated heterocycles. The quantitative estimate of drug-likeness (QED) is 0.721. The summed E-state index contributed by atoms with van der Waals surface area (Å²) < 4.78 is 2.01. The molecule has 0 aliphatic heterocycles. The van der Waals surface area contributed by atoms with Crippen molar-refractivity contribution in [1.82, 2.24) is 9.78 Å². The van der Waals surface area contributed by atoms with Gasteiger partial charge in [-0.1, -0.05) is 42.5 Å². The van der Waals surface area contributed by atoms with Gasteiger partial charge in [0.05, 0.1) is 6.20 Å². The third-order valence-corrected chi connectivity index (χ3v) is 3.57. The number of benzene rings is 2. The van der Waals surface area contributed by atoms with Crippen LogP contribution in [0.5, 0.6) is 0 Å². The van der Waals surface area contributed by atoms with Gasteiger partial charge in [-0.2, -0.15) is 5.10 Å². The molecule has 2 N–H and O–H groups in total. The number of hydrogen-bond acceptors (Lipinski definition) is 2. The lowest BCUT2D eigenvalue weighted by Crippen LogP contribution is -1.99. The molecule has 21 heavy (non-hydrogen) atoms. The van der Waals surface area contributed by atoms with Crippen molar-refractivity contribution in [1.29, 1.82) is 0 Å². The first-order valence-electron chi connectivity index (χ1n) is 7.23. The van der Waals surface area contributed by atoms with Crippen molar-refractivity contribution in [3.63, 3.8) is 0 Å². The number of anilines is 1. The van der Waals surface area contributed by atoms with Crippen LogP contribution >= 0.6 is 0 Å². The molecule has 0 spiro atoms. The number of nitrogens with two attached hydrogens (primary N) is 1. The number of aryl methyl sites for hydroxylation is 2. The van der Waals surface area contributed by atoms with Crippen LogP contribution in [0.25, 0.3) is 11.1 Å². The van der Waals surface area contributed by atoms with Gasteiger partial charge in [0.25, 0.3) is 0 Å². The van der Waals surface area contributed by atoms with E-state index < -0.39 is 0 Å². The molecule has 0 amide bonds. The van der Waals surface area contributed by atoms with Crippen LogP contribution in [0.4, 0.5) is 5.69 Å². The lowest BCUT2D eigenvalue weighted by molar-refractivity contribution is 0.579. The van der Waals surface area contributed by atoms with Crippen molar-refractivity contribution in [2.75, 3.05) is 5.73 Å². The summed E-state index contributed by atoms with van der Waals surface area (Å²) in [6.45, 7) is 0.934. The van der Waals surface area contributed by atoms with Gasteiger partial charge in [-0.05, 0) is 36.1 Å². The average Bonchev–Trinajstić information content (AvgIpc) is 2.98. The number of nitrogens with zero attached hydrogens (tertiary/aromatic N) is 2. The molecule has 3 heteroatoms. The number of rotatable bonds is 5. The Morgan fingerprint density at radius 2 is 1.67 bits per heavy atom. The van der Waals surface area contributed by atoms with Crippen LogP contribution in [0.3, 0.4) is 0 Å². The zero-order valence-corrected chi connectivity index (χ0v) is 11.9. The monoisotopic (exact) mass is 277 g/mol. The largest absolute Gasteiger partial charge is 0.399 e. The van der Waals surface area contributed by atoms with E-state index in [1.165, 1.54) is 5.56 Å². The molecule has 1 heterocycles. The van der Waals surface area contributed by atoms with Crippen molar-refractivity contribution in [3.8, 4) is 11.1 Å². The molecule has 0 aliphatic rings. The Kier molecular flexibility index (Phi) is 4.01. The Hall–Kier alpha value is -2.55. The van der Waals surface area contributed by atoms with Gasteiger partial charge in [-0.25, -0.2) is 0 Å². The maximum absolute atomic E-state index is 5.71. The van der Waals surface area contributed by atoms with Crippen molar-refractivity contribution in [2.45, 2.75) is 19.4 Å². The number of aromatic nitrogens is 2. The molecule has 0 bridgehead atoms. The highest BCUT2D eigenvalue weighted by Crippen LogP contribution is 2.19. The molecular formula is C18H19N3. The minimum Gasteiger partial charge on any atom is -0.399 e. The highest BCUT2D eigenvalue weighted by molar-refractivity contribution is 5.63. The molecule has 106 valence electrons. The van der Waals surface area contributed by atoms with Gasteiger partial charge in [-0.15, -0.1) is 0 Å². The minimum absolute atomic E-state index is 0.786. The first kappa shape index (κ1) is 13.4. The van der Waals surface area contributed by atoms with E-state index >= 15 is 0 Å². The fourth-order valence-electron chi connectivity index (χ4n) is 2.40. The highest BCUT2D eigenvalue weighted by Gasteiger charge is 2.02. The van der Waals surface area contributed by atoms with Gasteiger partial charge in [0.2, 0.25) is 0 Å². The van der Waals surface area contributed by atoms with E-state index in [0.717, 1.165) is 36.2 Å². The van der Waals surface area contributed by atoms with Crippen LogP contribution in [-0.4, -0.2) is 9.78 Å². The van der Waals surface area contributed by atoms with Crippen molar-refractivity contribution < 1.29 is 0 Å². The summed E-state index contributed by atoms with van der Waals surface area (Å²) in [4.78, 5) is 0. The average molecular weight is 277 g/mol. The molecule has 0 aliphatic carbocycles. The Bertz CT molecular complexity index is 684. The van der Waals surface area contributed by atoms with Crippen LogP contribution in [-0.2, 0) is 13.0 Å². The summed E-state index contributed by atoms with van der Waals surface area (Å²) in [6.07, 6.45) is 6.18. The first-order chi connectivity index (χ1) is 10.3. The second-order valence-corrected chi connectivity index (χ2v) is 5.20. The molecule has 3 rings (SSSR count). The van der Waals surface area contributed by atoms with Gasteiger partial charge in [0.1, 0.15) is 0 Å². The van der Waals surface area contributed by atoms with Gasteiger partial charge >= 0.3 is 0 Å². The Morgan fingerprint density at radius 3 is 2.43 bits per heavy atom. The van der Waals surface area contributed by atoms with Crippen LogP contribution in [0, 0.1) is 0 Å². The van der Waals surface area contributed by atoms with Crippen molar-refractivity contribution in [3.05, 3.63) is 72.6 Å². The van der Waals surface area contributed by atoms with Crippen LogP contribution in [0.15, 0.2) is 67.0 Å². The second-order valence-electron chi connectivity index (χ2n) is 5.20. The summed E-state index contributed by atoms with van der Waals surface area (Å²) in [7, 11) is 0. The fraction of sp³-hybridized carbons (Fsp3) is 0.167. The van der Waals surface area contributed by atoms with Gasteiger partial charge in [0, 0.05) is 24.0 Å². The van der Waals surface area contributed by atoms with E-state index in [1.807, 2.05) is 35.1 Å². The maximum Gasteiger partial charge on any atom is 0.0568 e. The van der Waals surface area contributed by atoms with Crippen molar-refractivity contribution >= 4 is 5.69 Å². The standard InChI is InChI=1S/C18H19N3/c19-18-10-8-16(9-11-18)17-13-20-21(14-17)12-4-7-15-5-2-1-3-6-15/h1-3,5-6,8-11,13-14H,4,7,12,19H2. The molecule has 0 unspecified atom stereocenters. The first-order valence-corrected chi connectivity index (χ1v) is 7.23. The summed E-state index contributed by atoms with van der Waals surface area (Å²) in [6, 6.07) is 18.5. The lowest BCUT2D eigenvalue weighted by atomic mass is 10.1. The Labute approximate surface area is 125 Å². The van der Waals surface area contributed by atoms with Crippen LogP contribution < -0.4 is 5.73 Å². The van der Waals surface area contributed by atoms with Crippen LogP contribution in [0.2, 0.25) is 0 Å². The molecule has 2 aromatic carbocycles. The predicted octanol–water partition coefficient (Wildman–Crippen LogP) is 3.77. The zero-order chi connectivity index (χ0) is 14.5. The normalized spacial score (nSPS) is 10.7. The van der Waals surface area contributed by atoms with E-state index in [4.69, 9.17) is 5.73 Å². The third-order valence-electron chi connectivity index (χ3n) is 3.57. The SMILES string of the molecule is Nc1ccc(-c2cnn(CCCc3ccccc3)c2)cc1. The van der Waals surface area contributed by atoms with Gasteiger partial charge in [0.15, 0.2) is 0 Å². The van der Waals surface area contributed by atoms with Gasteiger partial charge < -0.3 is 5.73 Å². The molecule has 0 atom stereocenters. The number of hydrogen-bond donors (Lipinski definition) is 1. The molecule has 3 aromatic rings. The van der Waals surface area contributed by atoms with E-state index in [2.05, 4.69) is 41.6 Å². The van der Waals surface area contributed by atoms with Gasteiger partial charge in [-0.3, -0.25) is 4.68 Å². The van der Waals surface area contributed by atoms with E-state index in [0.29, 0.717) is 0 Å². The molecule has 0 saturated carbocycles. The lowest BCUT2D eigenvalue weighted by Gasteiger charge is -2.02. The summed E-state index contributed by atoms with van der Waals surface area (Å²) >= 11 is 0. The van der Waals surface area contributed by atoms with Crippen LogP contribution in [0.1, 0.15) is 12.0 Å². The molecule has 0 radical (unpaired) electrons. The third kappa shape index (κ3) is 3.51. The van der Waals surface area contributed by atoms with Crippen molar-refractivity contribution in [2.24, 2.45) is 0 Å². The Morgan fingerprint density at radius 1 is 0.905 bits per heavy atom. The highest BCUT2D eigenvalue weighted by atomic mass is 15.3. The van der Waals surface area contributed by atoms with E-state index in [9.17, 15) is 0 Å². The second kappa shape index (κ2) is 6.27. The smallest absolute Gasteiger partial charge is 0.0568 e. The topological polar surface area (TPSA) is 43.8 Å². The Balaban J connectivity index is 1.59. The fourth-order valence-corrected chi connectivity index (χ4v) is 2.40.